The second-order valence-electron chi connectivity index (χ2n) is 8.16. The molecule has 0 aliphatic heterocycles. The van der Waals surface area contributed by atoms with Crippen molar-refractivity contribution in [1.82, 2.24) is 29.2 Å². The average molecular weight is 802 g/mol. The van der Waals surface area contributed by atoms with E-state index in [1.54, 1.807) is 0 Å². The second kappa shape index (κ2) is 13.8. The molecule has 43 heavy (non-hydrogen) atoms. The molecule has 2 rings (SSSR count). The number of aromatic nitrogens is 3. The van der Waals surface area contributed by atoms with Crippen LogP contribution in [-0.4, -0.2) is 71.5 Å². The second-order valence-corrected chi connectivity index (χ2v) is 17.9. The van der Waals surface area contributed by atoms with Crippen molar-refractivity contribution in [3.63, 3.8) is 0 Å². The van der Waals surface area contributed by atoms with Gasteiger partial charge < -0.3 is 0 Å². The number of nitrogens with zero attached hydrogens (tertiary/aromatic N) is 6. The molecule has 3 atom stereocenters. The van der Waals surface area contributed by atoms with Crippen molar-refractivity contribution in [3.05, 3.63) is 24.3 Å². The molecule has 0 spiro atoms. The number of fused-ring (bicyclic) bond motifs is 1. The molecular formula is C12H30F18N6OP6. The van der Waals surface area contributed by atoms with Gasteiger partial charge in [0.1, 0.15) is 11.0 Å². The number of rotatable bonds is 3. The zero-order chi connectivity index (χ0) is 36.3. The summed E-state index contributed by atoms with van der Waals surface area (Å²) in [5.41, 5.74) is 1.76. The summed E-state index contributed by atoms with van der Waals surface area (Å²) in [5.74, 6) is 0. The average Bonchev–Trinajstić information content (AvgIpc) is 2.93. The zero-order valence-electron chi connectivity index (χ0n) is 22.5. The van der Waals surface area contributed by atoms with E-state index in [1.165, 1.54) is 4.85 Å². The maximum atomic E-state index is 9.87. The summed E-state index contributed by atoms with van der Waals surface area (Å²) < 4.78 is 189. The van der Waals surface area contributed by atoms with E-state index in [1.807, 2.05) is 99.3 Å². The van der Waals surface area contributed by atoms with Gasteiger partial charge in [0.25, 0.3) is 8.96 Å². The first-order chi connectivity index (χ1) is 17.6. The molecule has 0 aliphatic carbocycles. The van der Waals surface area contributed by atoms with Crippen molar-refractivity contribution in [3.8, 4) is 0 Å². The van der Waals surface area contributed by atoms with E-state index in [0.717, 1.165) is 11.0 Å². The van der Waals surface area contributed by atoms with Gasteiger partial charge in [-0.1, -0.05) is 12.1 Å². The molecule has 2 aromatic rings. The van der Waals surface area contributed by atoms with Crippen LogP contribution in [-0.2, 0) is 0 Å². The van der Waals surface area contributed by atoms with E-state index in [9.17, 15) is 75.5 Å². The Morgan fingerprint density at radius 3 is 1.12 bits per heavy atom. The molecule has 31 heteroatoms. The van der Waals surface area contributed by atoms with Crippen molar-refractivity contribution in [2.75, 3.05) is 42.3 Å². The third kappa shape index (κ3) is 108. The fourth-order valence-corrected chi connectivity index (χ4v) is 1.50. The van der Waals surface area contributed by atoms with E-state index >= 15 is 0 Å². The Labute approximate surface area is 238 Å². The fourth-order valence-electron chi connectivity index (χ4n) is 1.06. The van der Waals surface area contributed by atoms with Crippen molar-refractivity contribution in [2.24, 2.45) is 0 Å². The number of para-hydroxylation sites is 1. The molecule has 7 nitrogen and oxygen atoms in total. The molecule has 0 amide bonds. The molecule has 0 bridgehead atoms. The molecule has 3 unspecified atom stereocenters. The molecule has 0 saturated heterocycles. The summed E-state index contributed by atoms with van der Waals surface area (Å²) in [6.07, 6.45) is 0. The first kappa shape index (κ1) is 49.5. The van der Waals surface area contributed by atoms with Crippen LogP contribution < -0.4 is 4.62 Å². The van der Waals surface area contributed by atoms with Gasteiger partial charge in [0.05, 0.1) is 0 Å². The van der Waals surface area contributed by atoms with Gasteiger partial charge in [0.15, 0.2) is 0 Å². The van der Waals surface area contributed by atoms with E-state index in [4.69, 9.17) is 4.62 Å². The SMILES string of the molecule is CN(C)[PH2+]On1nnc2ccccc21.CN(C)[PH3+].CN(C)[PH3+].F[P-](F)(F)(F)(F)F.F[P-](F)(F)(F)(F)F.F[P-](F)(F)(F)(F)F. The van der Waals surface area contributed by atoms with E-state index in [-0.39, 0.29) is 8.96 Å². The number of hydrogen-bond acceptors (Lipinski definition) is 6. The van der Waals surface area contributed by atoms with Crippen LogP contribution in [0.15, 0.2) is 24.3 Å². The topological polar surface area (TPSA) is 49.7 Å². The minimum atomic E-state index is -10.7. The molecule has 1 aromatic heterocycles. The van der Waals surface area contributed by atoms with Gasteiger partial charge in [-0.25, -0.2) is 4.62 Å². The number of halogens is 18. The van der Waals surface area contributed by atoms with Gasteiger partial charge in [-0.05, 0) is 22.2 Å². The Hall–Kier alpha value is -0.380. The van der Waals surface area contributed by atoms with Crippen LogP contribution in [0.3, 0.4) is 0 Å². The summed E-state index contributed by atoms with van der Waals surface area (Å²) in [5, 5.41) is 7.89. The van der Waals surface area contributed by atoms with E-state index in [0.29, 0.717) is 0 Å². The Kier molecular flexibility index (Phi) is 15.9. The molecule has 0 saturated carbocycles. The Morgan fingerprint density at radius 1 is 0.605 bits per heavy atom. The molecule has 0 radical (unpaired) electrons. The van der Waals surface area contributed by atoms with E-state index < -0.39 is 23.4 Å². The predicted octanol–water partition coefficient (Wildman–Crippen LogP) is 11.0. The molecular weight excluding hydrogens is 772 g/mol. The van der Waals surface area contributed by atoms with Crippen LogP contribution in [0.4, 0.5) is 75.5 Å². The summed E-state index contributed by atoms with van der Waals surface area (Å²) in [7, 11) is -16.6. The van der Waals surface area contributed by atoms with E-state index in [2.05, 4.69) is 10.3 Å². The third-order valence-electron chi connectivity index (χ3n) is 1.68. The summed E-state index contributed by atoms with van der Waals surface area (Å²) in [6.45, 7) is 0. The third-order valence-corrected chi connectivity index (χ3v) is 2.39. The van der Waals surface area contributed by atoms with Crippen molar-refractivity contribution < 1.29 is 80.2 Å². The van der Waals surface area contributed by atoms with Crippen LogP contribution in [0.1, 0.15) is 0 Å². The van der Waals surface area contributed by atoms with Gasteiger partial charge in [0, 0.05) is 61.1 Å². The minimum absolute atomic E-state index is 0.239. The molecule has 270 valence electrons. The van der Waals surface area contributed by atoms with Crippen molar-refractivity contribution in [2.45, 2.75) is 0 Å². The number of benzene rings is 1. The summed E-state index contributed by atoms with van der Waals surface area (Å²) >= 11 is 0. The van der Waals surface area contributed by atoms with Gasteiger partial charge >= 0.3 is 99.0 Å². The van der Waals surface area contributed by atoms with Crippen molar-refractivity contribution in [1.29, 1.82) is 0 Å². The first-order valence-corrected chi connectivity index (χ1v) is 18.0. The quantitative estimate of drug-likeness (QED) is 0.228. The van der Waals surface area contributed by atoms with Gasteiger partial charge in [-0.15, -0.1) is 5.10 Å². The summed E-state index contributed by atoms with van der Waals surface area (Å²) in [6, 6.07) is 7.72. The standard InChI is InChI=1S/C8H11N4OP.2C2H8NP.3F6P/c1-11(2)14-13-12-8-6-4-3-5-7(8)9-10-12;2*1-3(2)4;3*1-7(2,3,4,5)6/h3-6,14H,1-2H3;2*4H2,1-2H3;;;/q;;;3*-1/p+3. The molecule has 0 N–H and O–H groups in total. The maximum absolute atomic E-state index is 10.7. The van der Waals surface area contributed by atoms with Crippen LogP contribution in [0.5, 0.6) is 0 Å². The van der Waals surface area contributed by atoms with Crippen LogP contribution >= 0.6 is 51.2 Å². The Balaban J connectivity index is -0.000000228. The zero-order valence-corrected chi connectivity index (χ0v) is 29.2. The normalized spacial score (nSPS) is 17.0. The van der Waals surface area contributed by atoms with Gasteiger partial charge in [0.2, 0.25) is 0 Å². The number of hydrogen-bond donors (Lipinski definition) is 0. The first-order valence-electron chi connectivity index (χ1n) is 9.71. The molecule has 1 heterocycles. The molecule has 0 fully saturated rings. The predicted molar refractivity (Wildman–Crippen MR) is 148 cm³/mol. The molecule has 1 aromatic carbocycles. The summed E-state index contributed by atoms with van der Waals surface area (Å²) in [4.78, 5) is 1.48. The monoisotopic (exact) mass is 802 g/mol. The van der Waals surface area contributed by atoms with Gasteiger partial charge in [-0.2, -0.15) is 14.0 Å². The van der Waals surface area contributed by atoms with Crippen LogP contribution in [0, 0.1) is 0 Å². The van der Waals surface area contributed by atoms with Crippen molar-refractivity contribution >= 4 is 62.2 Å². The van der Waals surface area contributed by atoms with Crippen LogP contribution in [0.2, 0.25) is 0 Å². The Bertz CT molecular complexity index is 989. The van der Waals surface area contributed by atoms with Crippen LogP contribution in [0.25, 0.3) is 11.0 Å². The fraction of sp³-hybridized carbons (Fsp3) is 0.500. The molecule has 0 aliphatic rings. The van der Waals surface area contributed by atoms with Gasteiger partial charge in [-0.3, -0.25) is 0 Å². The Morgan fingerprint density at radius 2 is 0.860 bits per heavy atom.